The maximum atomic E-state index is 12.9. The maximum Gasteiger partial charge on any atom is 0.263 e. The third kappa shape index (κ3) is 4.72. The number of carbonyl (C=O) groups excluding carboxylic acids is 1. The van der Waals surface area contributed by atoms with Crippen molar-refractivity contribution in [2.24, 2.45) is 4.99 Å². The number of rotatable bonds is 6. The Morgan fingerprint density at radius 2 is 2.35 bits per heavy atom. The summed E-state index contributed by atoms with van der Waals surface area (Å²) < 4.78 is 2.66. The Kier molecular flexibility index (Phi) is 6.82. The molecule has 0 spiro atoms. The molecule has 0 saturated carbocycles. The summed E-state index contributed by atoms with van der Waals surface area (Å²) in [7, 11) is 1.77. The third-order valence-corrected chi connectivity index (χ3v) is 6.86. The SMILES string of the molecule is C/C=C(\C=NC)CNc1cc(C2CCCN(C(=O)c3cccs3)C2)nc2c(Br)cnn12. The topological polar surface area (TPSA) is 74.9 Å². The second kappa shape index (κ2) is 9.74. The van der Waals surface area contributed by atoms with Crippen molar-refractivity contribution in [1.82, 2.24) is 19.5 Å². The van der Waals surface area contributed by atoms with Crippen LogP contribution in [-0.4, -0.2) is 58.3 Å². The van der Waals surface area contributed by atoms with Gasteiger partial charge >= 0.3 is 0 Å². The molecule has 0 bridgehead atoms. The first kappa shape index (κ1) is 21.7. The van der Waals surface area contributed by atoms with Crippen molar-refractivity contribution in [2.45, 2.75) is 25.7 Å². The molecule has 1 amide bonds. The molecule has 1 atom stereocenters. The van der Waals surface area contributed by atoms with Crippen LogP contribution in [0, 0.1) is 0 Å². The monoisotopic (exact) mass is 500 g/mol. The van der Waals surface area contributed by atoms with Gasteiger partial charge in [0.05, 0.1) is 21.2 Å². The van der Waals surface area contributed by atoms with Crippen LogP contribution in [0.1, 0.15) is 41.0 Å². The second-order valence-corrected chi connectivity index (χ2v) is 9.27. The summed E-state index contributed by atoms with van der Waals surface area (Å²) in [6.07, 6.45) is 7.61. The molecule has 4 heterocycles. The molecule has 162 valence electrons. The van der Waals surface area contributed by atoms with Crippen LogP contribution in [0.25, 0.3) is 5.65 Å². The van der Waals surface area contributed by atoms with Gasteiger partial charge in [-0.25, -0.2) is 4.98 Å². The van der Waals surface area contributed by atoms with Gasteiger partial charge in [0.2, 0.25) is 0 Å². The number of aliphatic imine (C=N–C) groups is 1. The zero-order valence-corrected chi connectivity index (χ0v) is 20.0. The van der Waals surface area contributed by atoms with Crippen LogP contribution in [0.3, 0.4) is 0 Å². The molecule has 1 aliphatic rings. The van der Waals surface area contributed by atoms with Crippen molar-refractivity contribution in [3.63, 3.8) is 0 Å². The first-order chi connectivity index (χ1) is 15.1. The highest BCUT2D eigenvalue weighted by atomic mass is 79.9. The molecule has 1 N–H and O–H groups in total. The highest BCUT2D eigenvalue weighted by molar-refractivity contribution is 9.10. The van der Waals surface area contributed by atoms with E-state index in [0.29, 0.717) is 13.1 Å². The number of hydrogen-bond donors (Lipinski definition) is 1. The van der Waals surface area contributed by atoms with E-state index < -0.39 is 0 Å². The van der Waals surface area contributed by atoms with Crippen LogP contribution >= 0.6 is 27.3 Å². The zero-order valence-electron chi connectivity index (χ0n) is 17.6. The second-order valence-electron chi connectivity index (χ2n) is 7.47. The number of nitrogens with zero attached hydrogens (tertiary/aromatic N) is 5. The number of nitrogens with one attached hydrogen (secondary N) is 1. The number of allylic oxidation sites excluding steroid dienone is 1. The largest absolute Gasteiger partial charge is 0.366 e. The van der Waals surface area contributed by atoms with Gasteiger partial charge in [0, 0.05) is 44.9 Å². The summed E-state index contributed by atoms with van der Waals surface area (Å²) in [4.78, 5) is 24.6. The first-order valence-corrected chi connectivity index (χ1v) is 12.0. The molecule has 0 aromatic carbocycles. The van der Waals surface area contributed by atoms with E-state index in [-0.39, 0.29) is 11.8 Å². The number of carbonyl (C=O) groups is 1. The van der Waals surface area contributed by atoms with E-state index in [0.717, 1.165) is 51.5 Å². The lowest BCUT2D eigenvalue weighted by atomic mass is 9.94. The van der Waals surface area contributed by atoms with E-state index in [2.05, 4.69) is 37.4 Å². The van der Waals surface area contributed by atoms with E-state index in [1.807, 2.05) is 41.6 Å². The molecule has 1 saturated heterocycles. The molecule has 0 aliphatic carbocycles. The molecule has 3 aromatic rings. The standard InChI is InChI=1S/C22H25BrN6OS/c1-3-15(11-24-2)12-25-20-10-18(27-21-17(23)13-26-29(20)21)16-6-4-8-28(14-16)22(30)19-7-5-9-31-19/h3,5,7,9-11,13,16,25H,4,6,8,12,14H2,1-2H3/b15-3+,24-11?. The van der Waals surface area contributed by atoms with Crippen molar-refractivity contribution in [1.29, 1.82) is 0 Å². The fourth-order valence-corrected chi connectivity index (χ4v) is 4.87. The lowest BCUT2D eigenvalue weighted by Crippen LogP contribution is -2.39. The Morgan fingerprint density at radius 1 is 1.48 bits per heavy atom. The molecule has 3 aromatic heterocycles. The Bertz CT molecular complexity index is 1120. The zero-order chi connectivity index (χ0) is 21.8. The molecule has 1 fully saturated rings. The first-order valence-electron chi connectivity index (χ1n) is 10.3. The van der Waals surface area contributed by atoms with Gasteiger partial charge in [0.1, 0.15) is 5.82 Å². The quantitative estimate of drug-likeness (QED) is 0.500. The summed E-state index contributed by atoms with van der Waals surface area (Å²) in [6, 6.07) is 5.88. The smallest absolute Gasteiger partial charge is 0.263 e. The van der Waals surface area contributed by atoms with Gasteiger partial charge in [-0.05, 0) is 52.7 Å². The summed E-state index contributed by atoms with van der Waals surface area (Å²) in [5.41, 5.74) is 2.84. The van der Waals surface area contributed by atoms with Crippen LogP contribution in [0.5, 0.6) is 0 Å². The minimum atomic E-state index is 0.112. The Morgan fingerprint density at radius 3 is 3.10 bits per heavy atom. The number of piperidine rings is 1. The normalized spacial score (nSPS) is 17.6. The molecule has 1 unspecified atom stereocenters. The third-order valence-electron chi connectivity index (χ3n) is 5.45. The number of thiophene rings is 1. The fraction of sp³-hybridized carbons (Fsp3) is 0.364. The van der Waals surface area contributed by atoms with E-state index in [1.54, 1.807) is 17.8 Å². The number of anilines is 1. The van der Waals surface area contributed by atoms with Crippen molar-refractivity contribution < 1.29 is 4.79 Å². The average molecular weight is 501 g/mol. The number of likely N-dealkylation sites (tertiary alicyclic amines) is 1. The lowest BCUT2D eigenvalue weighted by molar-refractivity contribution is 0.0711. The lowest BCUT2D eigenvalue weighted by Gasteiger charge is -2.32. The molecule has 0 radical (unpaired) electrons. The van der Waals surface area contributed by atoms with Gasteiger partial charge in [-0.15, -0.1) is 11.3 Å². The van der Waals surface area contributed by atoms with Crippen molar-refractivity contribution in [2.75, 3.05) is 32.0 Å². The van der Waals surface area contributed by atoms with Crippen LogP contribution in [0.15, 0.2) is 50.9 Å². The summed E-state index contributed by atoms with van der Waals surface area (Å²) in [5.74, 6) is 1.17. The van der Waals surface area contributed by atoms with Crippen LogP contribution in [0.4, 0.5) is 5.82 Å². The van der Waals surface area contributed by atoms with E-state index in [1.165, 1.54) is 11.3 Å². The van der Waals surface area contributed by atoms with E-state index in [4.69, 9.17) is 4.98 Å². The molecule has 1 aliphatic heterocycles. The number of halogens is 1. The minimum Gasteiger partial charge on any atom is -0.366 e. The molecular weight excluding hydrogens is 476 g/mol. The summed E-state index contributed by atoms with van der Waals surface area (Å²) in [6.45, 7) is 4.10. The Balaban J connectivity index is 1.61. The highest BCUT2D eigenvalue weighted by Gasteiger charge is 2.27. The van der Waals surface area contributed by atoms with Crippen LogP contribution in [-0.2, 0) is 0 Å². The van der Waals surface area contributed by atoms with Crippen molar-refractivity contribution in [3.05, 3.63) is 56.5 Å². The number of aromatic nitrogens is 3. The minimum absolute atomic E-state index is 0.112. The highest BCUT2D eigenvalue weighted by Crippen LogP contribution is 2.30. The number of hydrogen-bond acceptors (Lipinski definition) is 6. The van der Waals surface area contributed by atoms with E-state index in [9.17, 15) is 4.79 Å². The maximum absolute atomic E-state index is 12.9. The summed E-state index contributed by atoms with van der Waals surface area (Å²) >= 11 is 5.06. The number of amides is 1. The molecule has 7 nitrogen and oxygen atoms in total. The van der Waals surface area contributed by atoms with Gasteiger partial charge in [-0.1, -0.05) is 12.1 Å². The van der Waals surface area contributed by atoms with E-state index >= 15 is 0 Å². The Labute approximate surface area is 194 Å². The van der Waals surface area contributed by atoms with Gasteiger partial charge < -0.3 is 10.2 Å². The van der Waals surface area contributed by atoms with Crippen LogP contribution in [0.2, 0.25) is 0 Å². The van der Waals surface area contributed by atoms with Gasteiger partial charge in [-0.3, -0.25) is 9.79 Å². The van der Waals surface area contributed by atoms with Gasteiger partial charge in [0.25, 0.3) is 5.91 Å². The predicted molar refractivity (Wildman–Crippen MR) is 130 cm³/mol. The van der Waals surface area contributed by atoms with Crippen molar-refractivity contribution >= 4 is 50.9 Å². The fourth-order valence-electron chi connectivity index (χ4n) is 3.83. The molecular formula is C22H25BrN6OS. The summed E-state index contributed by atoms with van der Waals surface area (Å²) in [5, 5.41) is 9.88. The Hall–Kier alpha value is -2.52. The molecule has 9 heteroatoms. The van der Waals surface area contributed by atoms with Crippen LogP contribution < -0.4 is 5.32 Å². The molecule has 31 heavy (non-hydrogen) atoms. The van der Waals surface area contributed by atoms with Crippen molar-refractivity contribution in [3.8, 4) is 0 Å². The number of fused-ring (bicyclic) bond motifs is 1. The molecule has 4 rings (SSSR count). The average Bonchev–Trinajstić information content (AvgIpc) is 3.46. The predicted octanol–water partition coefficient (Wildman–Crippen LogP) is 4.63. The van der Waals surface area contributed by atoms with Gasteiger partial charge in [0.15, 0.2) is 5.65 Å². The van der Waals surface area contributed by atoms with Gasteiger partial charge in [-0.2, -0.15) is 9.61 Å².